The third kappa shape index (κ3) is 6.11. The molecule has 2 aromatic heterocycles. The summed E-state index contributed by atoms with van der Waals surface area (Å²) in [5, 5.41) is 16.6. The molecule has 0 spiro atoms. The van der Waals surface area contributed by atoms with Gasteiger partial charge in [0.15, 0.2) is 11.0 Å². The van der Waals surface area contributed by atoms with Crippen LogP contribution in [0.5, 0.6) is 0 Å². The van der Waals surface area contributed by atoms with Crippen molar-refractivity contribution in [3.05, 3.63) is 47.6 Å². The Bertz CT molecular complexity index is 1090. The highest BCUT2D eigenvalue weighted by atomic mass is 32.2. The molecule has 0 aliphatic heterocycles. The molecular formula is C17H21N7O4S2. The summed E-state index contributed by atoms with van der Waals surface area (Å²) in [5.41, 5.74) is 1.06. The van der Waals surface area contributed by atoms with Gasteiger partial charge in [-0.25, -0.2) is 8.42 Å². The Kier molecular flexibility index (Phi) is 6.84. The number of hydrogen-bond donors (Lipinski definition) is 3. The maximum atomic E-state index is 11.7. The largest absolute Gasteiger partial charge is 0.394 e. The zero-order valence-electron chi connectivity index (χ0n) is 16.5. The summed E-state index contributed by atoms with van der Waals surface area (Å²) in [5.74, 6) is 0.470. The number of anilines is 2. The van der Waals surface area contributed by atoms with Crippen LogP contribution in [0.3, 0.4) is 0 Å². The van der Waals surface area contributed by atoms with E-state index in [1.165, 1.54) is 11.8 Å². The number of benzene rings is 1. The summed E-state index contributed by atoms with van der Waals surface area (Å²) in [6.45, 7) is 3.27. The minimum absolute atomic E-state index is 0.000220. The Morgan fingerprint density at radius 2 is 1.83 bits per heavy atom. The van der Waals surface area contributed by atoms with E-state index >= 15 is 0 Å². The number of aromatic nitrogens is 5. The smallest absolute Gasteiger partial charge is 0.251 e. The highest BCUT2D eigenvalue weighted by molar-refractivity contribution is 7.99. The lowest BCUT2D eigenvalue weighted by atomic mass is 10.2. The van der Waals surface area contributed by atoms with Crippen LogP contribution in [0, 0.1) is 6.92 Å². The van der Waals surface area contributed by atoms with Gasteiger partial charge in [-0.2, -0.15) is 19.9 Å². The average Bonchev–Trinajstić information content (AvgIpc) is 3.11. The van der Waals surface area contributed by atoms with E-state index in [0.717, 1.165) is 11.8 Å². The minimum atomic E-state index is -3.60. The average molecular weight is 452 g/mol. The molecule has 2 atom stereocenters. The van der Waals surface area contributed by atoms with Crippen LogP contribution >= 0.6 is 11.8 Å². The van der Waals surface area contributed by atoms with Gasteiger partial charge >= 0.3 is 0 Å². The van der Waals surface area contributed by atoms with E-state index in [9.17, 15) is 13.5 Å². The molecule has 3 rings (SSSR count). The van der Waals surface area contributed by atoms with E-state index in [1.807, 2.05) is 37.3 Å². The van der Waals surface area contributed by atoms with Crippen LogP contribution in [0.15, 0.2) is 40.0 Å². The number of aliphatic hydroxyl groups excluding tert-OH is 1. The first-order chi connectivity index (χ1) is 14.2. The second-order valence-corrected chi connectivity index (χ2v) is 9.43. The number of hydrogen-bond acceptors (Lipinski definition) is 11. The molecule has 0 saturated carbocycles. The molecule has 1 unspecified atom stereocenters. The standard InChI is InChI=1S/C17H21N7O4S2/c1-10(12-7-5-4-6-8-12)29-17-21-15(20-16(22-17)24-30(3,26)27)19-13(9-25)14-18-11(2)23-28-14/h4-8,10,13,25H,9H2,1-3H3,(H2,19,20,21,22,24)/t10?,13-/m0/s1. The molecule has 30 heavy (non-hydrogen) atoms. The summed E-state index contributed by atoms with van der Waals surface area (Å²) in [6, 6.07) is 8.97. The number of rotatable bonds is 9. The summed E-state index contributed by atoms with van der Waals surface area (Å²) in [6.07, 6.45) is 1.00. The van der Waals surface area contributed by atoms with Gasteiger partial charge in [0.2, 0.25) is 21.9 Å². The second kappa shape index (κ2) is 9.36. The van der Waals surface area contributed by atoms with Gasteiger partial charge in [0, 0.05) is 5.25 Å². The van der Waals surface area contributed by atoms with Crippen LogP contribution in [0.2, 0.25) is 0 Å². The van der Waals surface area contributed by atoms with Gasteiger partial charge in [0.05, 0.1) is 12.9 Å². The first kappa shape index (κ1) is 21.9. The third-order valence-corrected chi connectivity index (χ3v) is 5.34. The molecule has 3 N–H and O–H groups in total. The van der Waals surface area contributed by atoms with Crippen molar-refractivity contribution in [2.45, 2.75) is 30.3 Å². The fourth-order valence-electron chi connectivity index (χ4n) is 2.43. The van der Waals surface area contributed by atoms with Crippen molar-refractivity contribution in [3.8, 4) is 0 Å². The quantitative estimate of drug-likeness (QED) is 0.408. The molecule has 2 heterocycles. The van der Waals surface area contributed by atoms with Crippen LogP contribution in [0.25, 0.3) is 0 Å². The maximum Gasteiger partial charge on any atom is 0.251 e. The van der Waals surface area contributed by atoms with Crippen molar-refractivity contribution in [1.82, 2.24) is 25.1 Å². The summed E-state index contributed by atoms with van der Waals surface area (Å²) >= 11 is 1.33. The number of nitrogens with zero attached hydrogens (tertiary/aromatic N) is 5. The van der Waals surface area contributed by atoms with Gasteiger partial charge in [0.1, 0.15) is 6.04 Å². The van der Waals surface area contributed by atoms with Gasteiger partial charge in [-0.05, 0) is 19.4 Å². The van der Waals surface area contributed by atoms with Crippen LogP contribution in [0.4, 0.5) is 11.9 Å². The van der Waals surface area contributed by atoms with E-state index in [2.05, 4.69) is 35.1 Å². The lowest BCUT2D eigenvalue weighted by Crippen LogP contribution is -2.19. The first-order valence-corrected chi connectivity index (χ1v) is 11.6. The Hall–Kier alpha value is -2.77. The summed E-state index contributed by atoms with van der Waals surface area (Å²) in [7, 11) is -3.60. The monoisotopic (exact) mass is 451 g/mol. The number of aryl methyl sites for hydroxylation is 1. The second-order valence-electron chi connectivity index (χ2n) is 6.37. The van der Waals surface area contributed by atoms with Crippen LogP contribution in [0.1, 0.15) is 35.5 Å². The fraction of sp³-hybridized carbons (Fsp3) is 0.353. The Balaban J connectivity index is 1.89. The zero-order chi connectivity index (χ0) is 21.7. The predicted octanol–water partition coefficient (Wildman–Crippen LogP) is 1.93. The van der Waals surface area contributed by atoms with E-state index in [1.54, 1.807) is 6.92 Å². The van der Waals surface area contributed by atoms with Crippen molar-refractivity contribution in [1.29, 1.82) is 0 Å². The van der Waals surface area contributed by atoms with Crippen LogP contribution in [-0.4, -0.2) is 51.5 Å². The molecule has 0 saturated heterocycles. The van der Waals surface area contributed by atoms with E-state index in [-0.39, 0.29) is 29.6 Å². The topological polar surface area (TPSA) is 156 Å². The molecule has 160 valence electrons. The highest BCUT2D eigenvalue weighted by Crippen LogP contribution is 2.33. The molecule has 1 aromatic carbocycles. The van der Waals surface area contributed by atoms with Crippen molar-refractivity contribution in [2.24, 2.45) is 0 Å². The van der Waals surface area contributed by atoms with Gasteiger partial charge < -0.3 is 14.9 Å². The van der Waals surface area contributed by atoms with E-state index in [4.69, 9.17) is 4.52 Å². The third-order valence-electron chi connectivity index (χ3n) is 3.77. The lowest BCUT2D eigenvalue weighted by molar-refractivity contribution is 0.245. The van der Waals surface area contributed by atoms with Gasteiger partial charge in [-0.15, -0.1) is 0 Å². The highest BCUT2D eigenvalue weighted by Gasteiger charge is 2.21. The summed E-state index contributed by atoms with van der Waals surface area (Å²) < 4.78 is 30.6. The molecule has 0 radical (unpaired) electrons. The molecule has 0 amide bonds. The van der Waals surface area contributed by atoms with Crippen molar-refractivity contribution < 1.29 is 18.0 Å². The molecular weight excluding hydrogens is 430 g/mol. The lowest BCUT2D eigenvalue weighted by Gasteiger charge is -2.15. The Morgan fingerprint density at radius 1 is 1.13 bits per heavy atom. The van der Waals surface area contributed by atoms with E-state index < -0.39 is 16.1 Å². The number of nitrogens with one attached hydrogen (secondary N) is 2. The fourth-order valence-corrected chi connectivity index (χ4v) is 3.74. The molecule has 11 nitrogen and oxygen atoms in total. The van der Waals surface area contributed by atoms with E-state index in [0.29, 0.717) is 11.0 Å². The normalized spacial score (nSPS) is 13.6. The van der Waals surface area contributed by atoms with Crippen molar-refractivity contribution in [2.75, 3.05) is 22.9 Å². The van der Waals surface area contributed by atoms with Crippen LogP contribution < -0.4 is 10.0 Å². The van der Waals surface area contributed by atoms with Crippen molar-refractivity contribution >= 4 is 33.7 Å². The van der Waals surface area contributed by atoms with Crippen molar-refractivity contribution in [3.63, 3.8) is 0 Å². The SMILES string of the molecule is Cc1noc([C@H](CO)Nc2nc(NS(C)(=O)=O)nc(SC(C)c3ccccc3)n2)n1. The zero-order valence-corrected chi connectivity index (χ0v) is 18.1. The van der Waals surface area contributed by atoms with Gasteiger partial charge in [-0.1, -0.05) is 47.3 Å². The maximum absolute atomic E-state index is 11.7. The minimum Gasteiger partial charge on any atom is -0.394 e. The molecule has 13 heteroatoms. The Labute approximate surface area is 177 Å². The molecule has 0 aliphatic carbocycles. The number of sulfonamides is 1. The van der Waals surface area contributed by atoms with Gasteiger partial charge in [0.25, 0.3) is 5.89 Å². The molecule has 0 fully saturated rings. The predicted molar refractivity (Wildman–Crippen MR) is 111 cm³/mol. The summed E-state index contributed by atoms with van der Waals surface area (Å²) in [4.78, 5) is 16.7. The molecule has 0 bridgehead atoms. The molecule has 3 aromatic rings. The number of aliphatic hydroxyl groups is 1. The molecule has 0 aliphatic rings. The Morgan fingerprint density at radius 3 is 2.43 bits per heavy atom. The number of thioether (sulfide) groups is 1. The van der Waals surface area contributed by atoms with Gasteiger partial charge in [-0.3, -0.25) is 4.72 Å². The first-order valence-electron chi connectivity index (χ1n) is 8.86. The van der Waals surface area contributed by atoms with Crippen LogP contribution in [-0.2, 0) is 10.0 Å².